The van der Waals surface area contributed by atoms with E-state index >= 15 is 0 Å². The Morgan fingerprint density at radius 1 is 0.969 bits per heavy atom. The van der Waals surface area contributed by atoms with Crippen molar-refractivity contribution in [2.75, 3.05) is 26.3 Å². The molecule has 2 N–H and O–H groups in total. The number of morpholine rings is 1. The highest BCUT2D eigenvalue weighted by atomic mass is 32.2. The first-order valence-corrected chi connectivity index (χ1v) is 12.8. The molecule has 0 aliphatic carbocycles. The van der Waals surface area contributed by atoms with Crippen LogP contribution in [0.1, 0.15) is 23.3 Å². The zero-order valence-corrected chi connectivity index (χ0v) is 18.9. The van der Waals surface area contributed by atoms with Crippen molar-refractivity contribution in [3.05, 3.63) is 71.8 Å². The number of sulfonamides is 2. The Bertz CT molecular complexity index is 1270. The monoisotopic (exact) mass is 477 g/mol. The molecule has 170 valence electrons. The van der Waals surface area contributed by atoms with E-state index in [0.29, 0.717) is 24.6 Å². The second-order valence-electron chi connectivity index (χ2n) is 7.23. The quantitative estimate of drug-likeness (QED) is 0.522. The summed E-state index contributed by atoms with van der Waals surface area (Å²) in [6, 6.07) is 13.3. The molecule has 1 aliphatic heterocycles. The van der Waals surface area contributed by atoms with Crippen LogP contribution < -0.4 is 4.72 Å². The molecule has 1 fully saturated rings. The Labute approximate surface area is 186 Å². The summed E-state index contributed by atoms with van der Waals surface area (Å²) in [4.78, 5) is 4.24. The maximum Gasteiger partial charge on any atom is 0.243 e. The van der Waals surface area contributed by atoms with Gasteiger partial charge >= 0.3 is 0 Å². The molecule has 2 heterocycles. The molecule has 0 spiro atoms. The third kappa shape index (κ3) is 4.74. The topological polar surface area (TPSA) is 134 Å². The lowest BCUT2D eigenvalue weighted by Gasteiger charge is -2.26. The van der Waals surface area contributed by atoms with Gasteiger partial charge in [0.15, 0.2) is 5.82 Å². The van der Waals surface area contributed by atoms with E-state index in [-0.39, 0.29) is 28.7 Å². The molecule has 1 saturated heterocycles. The fourth-order valence-corrected chi connectivity index (χ4v) is 5.94. The highest BCUT2D eigenvalue weighted by Crippen LogP contribution is 2.24. The average Bonchev–Trinajstić information content (AvgIpc) is 3.25. The summed E-state index contributed by atoms with van der Waals surface area (Å²) in [5.41, 5.74) is 0.668. The molecule has 1 aliphatic rings. The summed E-state index contributed by atoms with van der Waals surface area (Å²) in [5.74, 6) is 0.835. The zero-order valence-electron chi connectivity index (χ0n) is 17.3. The van der Waals surface area contributed by atoms with Crippen LogP contribution in [0.25, 0.3) is 0 Å². The standard InChI is InChI=1S/C20H23N5O5S2/c1-15-21-20(23-22-15)19(16-5-3-2-4-6-16)24-31(26,27)17-7-9-18(10-8-17)32(28,29)25-11-13-30-14-12-25/h2-10,19,24H,11-14H2,1H3,(H,21,22,23). The minimum atomic E-state index is -4.01. The molecule has 0 radical (unpaired) electrons. The number of hydrogen-bond donors (Lipinski definition) is 2. The molecule has 0 amide bonds. The van der Waals surface area contributed by atoms with E-state index in [1.807, 2.05) is 6.07 Å². The van der Waals surface area contributed by atoms with Crippen molar-refractivity contribution in [3.8, 4) is 0 Å². The number of aromatic amines is 1. The van der Waals surface area contributed by atoms with Crippen LogP contribution in [0.4, 0.5) is 0 Å². The lowest BCUT2D eigenvalue weighted by Crippen LogP contribution is -2.40. The van der Waals surface area contributed by atoms with Crippen molar-refractivity contribution < 1.29 is 21.6 Å². The normalized spacial score (nSPS) is 16.7. The predicted octanol–water partition coefficient (Wildman–Crippen LogP) is 1.20. The van der Waals surface area contributed by atoms with Crippen LogP contribution in [0.3, 0.4) is 0 Å². The molecule has 12 heteroatoms. The second-order valence-corrected chi connectivity index (χ2v) is 10.9. The summed E-state index contributed by atoms with van der Waals surface area (Å²) < 4.78 is 60.9. The molecule has 10 nitrogen and oxygen atoms in total. The van der Waals surface area contributed by atoms with E-state index in [1.165, 1.54) is 28.6 Å². The molecule has 2 aromatic carbocycles. The number of rotatable bonds is 7. The van der Waals surface area contributed by atoms with Crippen LogP contribution in [0.2, 0.25) is 0 Å². The molecule has 1 unspecified atom stereocenters. The minimum Gasteiger partial charge on any atom is -0.379 e. The van der Waals surface area contributed by atoms with Gasteiger partial charge in [0.2, 0.25) is 20.0 Å². The van der Waals surface area contributed by atoms with Crippen LogP contribution in [0.15, 0.2) is 64.4 Å². The molecule has 32 heavy (non-hydrogen) atoms. The van der Waals surface area contributed by atoms with E-state index in [0.717, 1.165) is 0 Å². The Hall–Kier alpha value is -2.64. The van der Waals surface area contributed by atoms with Crippen LogP contribution in [0.5, 0.6) is 0 Å². The number of nitrogens with zero attached hydrogens (tertiary/aromatic N) is 3. The van der Waals surface area contributed by atoms with E-state index in [4.69, 9.17) is 4.74 Å². The van der Waals surface area contributed by atoms with Gasteiger partial charge in [-0.25, -0.2) is 21.8 Å². The van der Waals surface area contributed by atoms with Gasteiger partial charge in [0.1, 0.15) is 11.9 Å². The number of aromatic nitrogens is 3. The predicted molar refractivity (Wildman–Crippen MR) is 116 cm³/mol. The first-order valence-electron chi connectivity index (χ1n) is 9.91. The van der Waals surface area contributed by atoms with Crippen molar-refractivity contribution in [1.29, 1.82) is 0 Å². The first-order chi connectivity index (χ1) is 15.3. The van der Waals surface area contributed by atoms with Gasteiger partial charge < -0.3 is 4.74 Å². The van der Waals surface area contributed by atoms with Gasteiger partial charge in [0, 0.05) is 13.1 Å². The lowest BCUT2D eigenvalue weighted by atomic mass is 10.1. The molecule has 3 aromatic rings. The van der Waals surface area contributed by atoms with Crippen LogP contribution >= 0.6 is 0 Å². The summed E-state index contributed by atoms with van der Waals surface area (Å²) in [6.07, 6.45) is 0. The fraction of sp³-hybridized carbons (Fsp3) is 0.300. The average molecular weight is 478 g/mol. The zero-order chi connectivity index (χ0) is 22.8. The molecule has 0 bridgehead atoms. The van der Waals surface area contributed by atoms with Crippen molar-refractivity contribution in [2.24, 2.45) is 0 Å². The van der Waals surface area contributed by atoms with Crippen molar-refractivity contribution in [1.82, 2.24) is 24.2 Å². The summed E-state index contributed by atoms with van der Waals surface area (Å²) in [6.45, 7) is 2.91. The molecule has 4 rings (SSSR count). The van der Waals surface area contributed by atoms with Crippen LogP contribution in [-0.4, -0.2) is 62.6 Å². The number of ether oxygens (including phenoxy) is 1. The molecule has 0 saturated carbocycles. The third-order valence-corrected chi connectivity index (χ3v) is 8.37. The summed E-state index contributed by atoms with van der Waals surface area (Å²) in [5, 5.41) is 6.83. The second kappa shape index (κ2) is 9.08. The molecule has 1 aromatic heterocycles. The molecular weight excluding hydrogens is 454 g/mol. The van der Waals surface area contributed by atoms with Gasteiger partial charge in [0.05, 0.1) is 23.0 Å². The largest absolute Gasteiger partial charge is 0.379 e. The number of hydrogen-bond acceptors (Lipinski definition) is 7. The Kier molecular flexibility index (Phi) is 6.40. The highest BCUT2D eigenvalue weighted by molar-refractivity contribution is 7.89. The van der Waals surface area contributed by atoms with E-state index < -0.39 is 26.1 Å². The summed E-state index contributed by atoms with van der Waals surface area (Å²) in [7, 11) is -7.72. The van der Waals surface area contributed by atoms with Gasteiger partial charge in [0.25, 0.3) is 0 Å². The fourth-order valence-electron chi connectivity index (χ4n) is 3.35. The highest BCUT2D eigenvalue weighted by Gasteiger charge is 2.28. The Morgan fingerprint density at radius 3 is 2.19 bits per heavy atom. The van der Waals surface area contributed by atoms with Crippen molar-refractivity contribution in [2.45, 2.75) is 22.8 Å². The van der Waals surface area contributed by atoms with Crippen LogP contribution in [-0.2, 0) is 24.8 Å². The number of H-pyrrole nitrogens is 1. The van der Waals surface area contributed by atoms with Gasteiger partial charge in [-0.1, -0.05) is 30.3 Å². The van der Waals surface area contributed by atoms with Crippen molar-refractivity contribution >= 4 is 20.0 Å². The van der Waals surface area contributed by atoms with Gasteiger partial charge in [-0.05, 0) is 36.8 Å². The van der Waals surface area contributed by atoms with Gasteiger partial charge in [-0.3, -0.25) is 5.10 Å². The first kappa shape index (κ1) is 22.6. The maximum atomic E-state index is 13.1. The number of nitrogens with one attached hydrogen (secondary N) is 2. The van der Waals surface area contributed by atoms with Gasteiger partial charge in [-0.2, -0.15) is 14.1 Å². The lowest BCUT2D eigenvalue weighted by molar-refractivity contribution is 0.0730. The molecule has 1 atom stereocenters. The van der Waals surface area contributed by atoms with E-state index in [9.17, 15) is 16.8 Å². The minimum absolute atomic E-state index is 0.0301. The summed E-state index contributed by atoms with van der Waals surface area (Å²) >= 11 is 0. The number of aryl methyl sites for hydroxylation is 1. The van der Waals surface area contributed by atoms with Gasteiger partial charge in [-0.15, -0.1) is 0 Å². The third-order valence-electron chi connectivity index (χ3n) is 5.02. The maximum absolute atomic E-state index is 13.1. The Balaban J connectivity index is 1.61. The van der Waals surface area contributed by atoms with E-state index in [2.05, 4.69) is 19.9 Å². The number of benzene rings is 2. The SMILES string of the molecule is Cc1nc(C(NS(=O)(=O)c2ccc(S(=O)(=O)N3CCOCC3)cc2)c2ccccc2)n[nH]1. The van der Waals surface area contributed by atoms with Crippen molar-refractivity contribution in [3.63, 3.8) is 0 Å². The smallest absolute Gasteiger partial charge is 0.243 e. The van der Waals surface area contributed by atoms with Crippen LogP contribution in [0, 0.1) is 6.92 Å². The Morgan fingerprint density at radius 2 is 1.59 bits per heavy atom. The molecular formula is C20H23N5O5S2. The van der Waals surface area contributed by atoms with E-state index in [1.54, 1.807) is 31.2 Å².